The van der Waals surface area contributed by atoms with Crippen LogP contribution in [0.3, 0.4) is 0 Å². The third kappa shape index (κ3) is 4.93. The molecule has 2 rings (SSSR count). The molecule has 158 valence electrons. The van der Waals surface area contributed by atoms with E-state index in [1.165, 1.54) is 0 Å². The Labute approximate surface area is 170 Å². The molecule has 0 saturated carbocycles. The van der Waals surface area contributed by atoms with Crippen LogP contribution in [0.5, 0.6) is 0 Å². The third-order valence-corrected chi connectivity index (χ3v) is 8.13. The number of hydrogen-bond donors (Lipinski definition) is 1. The van der Waals surface area contributed by atoms with Crippen LogP contribution in [0.25, 0.3) is 0 Å². The lowest BCUT2D eigenvalue weighted by atomic mass is 10.0. The molecule has 0 spiro atoms. The molecule has 0 aromatic heterocycles. The largest absolute Gasteiger partial charge is 0.350 e. The quantitative estimate of drug-likeness (QED) is 0.784. The molecule has 1 aliphatic heterocycles. The number of benzene rings is 1. The van der Waals surface area contributed by atoms with Crippen LogP contribution in [0.15, 0.2) is 11.0 Å². The highest BCUT2D eigenvalue weighted by Gasteiger charge is 2.32. The fourth-order valence-electron chi connectivity index (χ4n) is 3.53. The molecule has 28 heavy (non-hydrogen) atoms. The van der Waals surface area contributed by atoms with Crippen molar-refractivity contribution in [3.8, 4) is 0 Å². The highest BCUT2D eigenvalue weighted by atomic mass is 32.2. The predicted molar refractivity (Wildman–Crippen MR) is 113 cm³/mol. The number of hydrogen-bond acceptors (Lipinski definition) is 4. The summed E-state index contributed by atoms with van der Waals surface area (Å²) in [5.74, 6) is -0.0100. The van der Waals surface area contributed by atoms with E-state index < -0.39 is 10.0 Å². The standard InChI is InChI=1S/C21H35N3O3S/c1-8-21(6,7)22-19(25)14-23-9-11-24(12-10-23)28(26,27)20-17(4)15(2)13-16(3)18(20)5/h13H,8-12,14H2,1-7H3,(H,22,25). The van der Waals surface area contributed by atoms with Gasteiger partial charge in [-0.05, 0) is 70.2 Å². The molecule has 6 nitrogen and oxygen atoms in total. The Hall–Kier alpha value is -1.44. The van der Waals surface area contributed by atoms with E-state index >= 15 is 0 Å². The van der Waals surface area contributed by atoms with E-state index in [-0.39, 0.29) is 11.4 Å². The summed E-state index contributed by atoms with van der Waals surface area (Å²) in [6.07, 6.45) is 0.860. The first-order valence-corrected chi connectivity index (χ1v) is 11.4. The lowest BCUT2D eigenvalue weighted by molar-refractivity contribution is -0.124. The monoisotopic (exact) mass is 409 g/mol. The second-order valence-corrected chi connectivity index (χ2v) is 10.4. The maximum Gasteiger partial charge on any atom is 0.243 e. The first-order valence-electron chi connectivity index (χ1n) is 10.00. The summed E-state index contributed by atoms with van der Waals surface area (Å²) in [4.78, 5) is 14.7. The topological polar surface area (TPSA) is 69.7 Å². The maximum absolute atomic E-state index is 13.3. The van der Waals surface area contributed by atoms with Gasteiger partial charge in [-0.25, -0.2) is 8.42 Å². The molecule has 1 N–H and O–H groups in total. The lowest BCUT2D eigenvalue weighted by Crippen LogP contribution is -2.53. The van der Waals surface area contributed by atoms with Crippen molar-refractivity contribution >= 4 is 15.9 Å². The van der Waals surface area contributed by atoms with Gasteiger partial charge in [0.25, 0.3) is 0 Å². The van der Waals surface area contributed by atoms with Crippen molar-refractivity contribution in [2.75, 3.05) is 32.7 Å². The number of carbonyl (C=O) groups excluding carboxylic acids is 1. The average Bonchev–Trinajstić information content (AvgIpc) is 2.60. The van der Waals surface area contributed by atoms with Gasteiger partial charge in [0.05, 0.1) is 11.4 Å². The van der Waals surface area contributed by atoms with Crippen LogP contribution in [0.4, 0.5) is 0 Å². The molecule has 1 amide bonds. The molecule has 0 unspecified atom stereocenters. The molecule has 1 saturated heterocycles. The SMILES string of the molecule is CCC(C)(C)NC(=O)CN1CCN(S(=O)(=O)c2c(C)c(C)cc(C)c2C)CC1. The predicted octanol–water partition coefficient (Wildman–Crippen LogP) is 2.53. The highest BCUT2D eigenvalue weighted by Crippen LogP contribution is 2.29. The van der Waals surface area contributed by atoms with Crippen molar-refractivity contribution in [2.24, 2.45) is 0 Å². The van der Waals surface area contributed by atoms with Gasteiger partial charge in [-0.3, -0.25) is 9.69 Å². The summed E-state index contributed by atoms with van der Waals surface area (Å²) in [6, 6.07) is 2.04. The minimum Gasteiger partial charge on any atom is -0.350 e. The zero-order valence-corrected chi connectivity index (χ0v) is 19.2. The van der Waals surface area contributed by atoms with Crippen LogP contribution < -0.4 is 5.32 Å². The Morgan fingerprint density at radius 2 is 1.54 bits per heavy atom. The highest BCUT2D eigenvalue weighted by molar-refractivity contribution is 7.89. The molecule has 7 heteroatoms. The maximum atomic E-state index is 13.3. The van der Waals surface area contributed by atoms with Crippen molar-refractivity contribution < 1.29 is 13.2 Å². The van der Waals surface area contributed by atoms with E-state index in [1.807, 2.05) is 59.4 Å². The third-order valence-electron chi connectivity index (χ3n) is 5.96. The van der Waals surface area contributed by atoms with E-state index in [4.69, 9.17) is 0 Å². The number of rotatable bonds is 6. The fourth-order valence-corrected chi connectivity index (χ4v) is 5.53. The van der Waals surface area contributed by atoms with E-state index in [2.05, 4.69) is 5.32 Å². The number of piperazine rings is 1. The number of sulfonamides is 1. The fraction of sp³-hybridized carbons (Fsp3) is 0.667. The van der Waals surface area contributed by atoms with Crippen molar-refractivity contribution in [3.05, 3.63) is 28.3 Å². The van der Waals surface area contributed by atoms with Gasteiger partial charge in [-0.2, -0.15) is 4.31 Å². The minimum absolute atomic E-state index is 0.0100. The van der Waals surface area contributed by atoms with Crippen LogP contribution in [0.1, 0.15) is 49.4 Å². The molecular weight excluding hydrogens is 374 g/mol. The van der Waals surface area contributed by atoms with Gasteiger partial charge in [0.1, 0.15) is 0 Å². The summed E-state index contributed by atoms with van der Waals surface area (Å²) in [7, 11) is -3.55. The van der Waals surface area contributed by atoms with Crippen LogP contribution in [-0.4, -0.2) is 61.8 Å². The number of nitrogens with zero attached hydrogens (tertiary/aromatic N) is 2. The molecule has 0 radical (unpaired) electrons. The van der Waals surface area contributed by atoms with Gasteiger partial charge >= 0.3 is 0 Å². The normalized spacial score (nSPS) is 17.0. The van der Waals surface area contributed by atoms with Gasteiger partial charge in [0.15, 0.2) is 0 Å². The van der Waals surface area contributed by atoms with Gasteiger partial charge in [-0.15, -0.1) is 0 Å². The van der Waals surface area contributed by atoms with Crippen molar-refractivity contribution in [3.63, 3.8) is 0 Å². The summed E-state index contributed by atoms with van der Waals surface area (Å²) in [5, 5.41) is 3.04. The molecular formula is C21H35N3O3S. The van der Waals surface area contributed by atoms with Crippen LogP contribution in [-0.2, 0) is 14.8 Å². The van der Waals surface area contributed by atoms with Gasteiger partial charge in [-0.1, -0.05) is 13.0 Å². The smallest absolute Gasteiger partial charge is 0.243 e. The molecule has 1 aromatic carbocycles. The van der Waals surface area contributed by atoms with Crippen molar-refractivity contribution in [1.29, 1.82) is 0 Å². The Kier molecular flexibility index (Phi) is 6.94. The van der Waals surface area contributed by atoms with Gasteiger partial charge in [0, 0.05) is 31.7 Å². The van der Waals surface area contributed by atoms with Gasteiger partial charge in [0.2, 0.25) is 15.9 Å². The molecule has 1 aliphatic rings. The van der Waals surface area contributed by atoms with Crippen LogP contribution >= 0.6 is 0 Å². The van der Waals surface area contributed by atoms with Gasteiger partial charge < -0.3 is 5.32 Å². The number of amides is 1. The summed E-state index contributed by atoms with van der Waals surface area (Å²) >= 11 is 0. The van der Waals surface area contributed by atoms with Crippen LogP contribution in [0, 0.1) is 27.7 Å². The summed E-state index contributed by atoms with van der Waals surface area (Å²) in [6.45, 7) is 15.9. The molecule has 0 atom stereocenters. The Balaban J connectivity index is 2.08. The Bertz CT molecular complexity index is 813. The second kappa shape index (κ2) is 8.51. The molecule has 0 bridgehead atoms. The van der Waals surface area contributed by atoms with Crippen LogP contribution in [0.2, 0.25) is 0 Å². The second-order valence-electron chi connectivity index (χ2n) is 8.56. The molecule has 1 aromatic rings. The first-order chi connectivity index (χ1) is 12.9. The van der Waals surface area contributed by atoms with E-state index in [1.54, 1.807) is 4.31 Å². The summed E-state index contributed by atoms with van der Waals surface area (Å²) in [5.41, 5.74) is 3.42. The number of carbonyl (C=O) groups is 1. The van der Waals surface area contributed by atoms with E-state index in [0.29, 0.717) is 37.6 Å². The average molecular weight is 410 g/mol. The minimum atomic E-state index is -3.55. The first kappa shape index (κ1) is 22.8. The lowest BCUT2D eigenvalue weighted by Gasteiger charge is -2.35. The van der Waals surface area contributed by atoms with Crippen molar-refractivity contribution in [2.45, 2.75) is 65.3 Å². The molecule has 1 heterocycles. The van der Waals surface area contributed by atoms with E-state index in [0.717, 1.165) is 28.7 Å². The molecule has 1 fully saturated rings. The number of nitrogens with one attached hydrogen (secondary N) is 1. The number of aryl methyl sites for hydroxylation is 2. The van der Waals surface area contributed by atoms with Crippen molar-refractivity contribution in [1.82, 2.24) is 14.5 Å². The zero-order valence-electron chi connectivity index (χ0n) is 18.3. The van der Waals surface area contributed by atoms with E-state index in [9.17, 15) is 13.2 Å². The summed E-state index contributed by atoms with van der Waals surface area (Å²) < 4.78 is 28.2. The molecule has 0 aliphatic carbocycles. The Morgan fingerprint density at radius 3 is 2.00 bits per heavy atom. The zero-order chi connectivity index (χ0) is 21.3. The Morgan fingerprint density at radius 1 is 1.04 bits per heavy atom.